The topological polar surface area (TPSA) is 49.4 Å². The minimum Gasteiger partial charge on any atom is -0.326 e. The number of carbonyl (C=O) groups is 2. The summed E-state index contributed by atoms with van der Waals surface area (Å²) in [6, 6.07) is 12.4. The Labute approximate surface area is 163 Å². The average Bonchev–Trinajstić information content (AvgIpc) is 3.04. The lowest BCUT2D eigenvalue weighted by Crippen LogP contribution is -2.28. The van der Waals surface area contributed by atoms with Crippen LogP contribution in [0.4, 0.5) is 15.8 Å². The van der Waals surface area contributed by atoms with E-state index in [0.717, 1.165) is 18.4 Å². The second-order valence-corrected chi connectivity index (χ2v) is 7.71. The van der Waals surface area contributed by atoms with Crippen molar-refractivity contribution < 1.29 is 14.0 Å². The van der Waals surface area contributed by atoms with Gasteiger partial charge in [-0.1, -0.05) is 31.5 Å². The lowest BCUT2D eigenvalue weighted by molar-refractivity contribution is -0.117. The molecular formula is C21H23FN2O2S. The third-order valence-electron chi connectivity index (χ3n) is 4.51. The highest BCUT2D eigenvalue weighted by Gasteiger charge is 2.34. The molecule has 1 aliphatic rings. The van der Waals surface area contributed by atoms with Gasteiger partial charge in [-0.25, -0.2) is 4.39 Å². The summed E-state index contributed by atoms with van der Waals surface area (Å²) >= 11 is 1.50. The Morgan fingerprint density at radius 1 is 1.30 bits per heavy atom. The fourth-order valence-corrected chi connectivity index (χ4v) is 4.18. The molecule has 3 rings (SSSR count). The maximum atomic E-state index is 14.0. The highest BCUT2D eigenvalue weighted by Crippen LogP contribution is 2.42. The van der Waals surface area contributed by atoms with Crippen molar-refractivity contribution in [1.29, 1.82) is 0 Å². The van der Waals surface area contributed by atoms with Crippen LogP contribution in [0.2, 0.25) is 0 Å². The number of carbonyl (C=O) groups excluding carboxylic acids is 2. The zero-order valence-electron chi connectivity index (χ0n) is 15.5. The molecule has 142 valence electrons. The number of hydrogen-bond acceptors (Lipinski definition) is 3. The maximum Gasteiger partial charge on any atom is 0.238 e. The molecule has 1 unspecified atom stereocenters. The number of thioether (sulfide) groups is 1. The second kappa shape index (κ2) is 8.57. The van der Waals surface area contributed by atoms with Gasteiger partial charge in [-0.3, -0.25) is 14.5 Å². The van der Waals surface area contributed by atoms with Crippen LogP contribution in [0.25, 0.3) is 0 Å². The van der Waals surface area contributed by atoms with E-state index in [-0.39, 0.29) is 23.0 Å². The van der Waals surface area contributed by atoms with Gasteiger partial charge >= 0.3 is 0 Å². The fraction of sp³-hybridized carbons (Fsp3) is 0.333. The van der Waals surface area contributed by atoms with E-state index in [1.54, 1.807) is 24.0 Å². The van der Waals surface area contributed by atoms with E-state index in [1.807, 2.05) is 31.2 Å². The molecule has 2 aromatic carbocycles. The molecule has 2 aromatic rings. The first kappa shape index (κ1) is 19.4. The predicted octanol–water partition coefficient (Wildman–Crippen LogP) is 5.04. The van der Waals surface area contributed by atoms with Crippen LogP contribution < -0.4 is 10.2 Å². The van der Waals surface area contributed by atoms with Gasteiger partial charge in [0.1, 0.15) is 11.2 Å². The quantitative estimate of drug-likeness (QED) is 0.756. The maximum absolute atomic E-state index is 14.0. The lowest BCUT2D eigenvalue weighted by atomic mass is 10.1. The molecule has 1 heterocycles. The predicted molar refractivity (Wildman–Crippen MR) is 108 cm³/mol. The monoisotopic (exact) mass is 386 g/mol. The number of aryl methyl sites for hydroxylation is 1. The number of nitrogens with one attached hydrogen (secondary N) is 1. The molecule has 0 aromatic heterocycles. The standard InChI is InChI=1S/C21H23FN2O2S/c1-3-4-8-19(25)23-16-7-5-6-15(11-16)21-24(20(26)13-27-21)17-10-9-14(2)18(22)12-17/h5-7,9-12,21H,3-4,8,13H2,1-2H3,(H,23,25). The van der Waals surface area contributed by atoms with Crippen molar-refractivity contribution in [2.45, 2.75) is 38.5 Å². The molecule has 1 aliphatic heterocycles. The number of anilines is 2. The number of benzene rings is 2. The fourth-order valence-electron chi connectivity index (χ4n) is 3.01. The van der Waals surface area contributed by atoms with Crippen LogP contribution in [-0.2, 0) is 9.59 Å². The van der Waals surface area contributed by atoms with Crippen LogP contribution in [0.5, 0.6) is 0 Å². The van der Waals surface area contributed by atoms with Crippen molar-refractivity contribution in [1.82, 2.24) is 0 Å². The van der Waals surface area contributed by atoms with Crippen molar-refractivity contribution >= 4 is 35.0 Å². The number of rotatable bonds is 6. The zero-order chi connectivity index (χ0) is 19.4. The third kappa shape index (κ3) is 4.50. The first-order valence-corrected chi connectivity index (χ1v) is 10.1. The van der Waals surface area contributed by atoms with Crippen molar-refractivity contribution in [3.8, 4) is 0 Å². The van der Waals surface area contributed by atoms with Crippen molar-refractivity contribution in [3.05, 3.63) is 59.4 Å². The molecule has 0 saturated carbocycles. The Hall–Kier alpha value is -2.34. The minimum atomic E-state index is -0.326. The summed E-state index contributed by atoms with van der Waals surface area (Å²) in [5.74, 6) is -0.0482. The molecule has 0 radical (unpaired) electrons. The van der Waals surface area contributed by atoms with Crippen molar-refractivity contribution in [2.24, 2.45) is 0 Å². The number of halogens is 1. The van der Waals surface area contributed by atoms with E-state index >= 15 is 0 Å². The van der Waals surface area contributed by atoms with Crippen LogP contribution >= 0.6 is 11.8 Å². The molecule has 0 spiro atoms. The first-order valence-electron chi connectivity index (χ1n) is 9.09. The number of nitrogens with zero attached hydrogens (tertiary/aromatic N) is 1. The van der Waals surface area contributed by atoms with Crippen molar-refractivity contribution in [3.63, 3.8) is 0 Å². The molecule has 27 heavy (non-hydrogen) atoms. The molecule has 0 bridgehead atoms. The molecule has 1 saturated heterocycles. The molecule has 2 amide bonds. The van der Waals surface area contributed by atoms with Crippen LogP contribution in [0.1, 0.15) is 42.7 Å². The first-order chi connectivity index (χ1) is 13.0. The largest absolute Gasteiger partial charge is 0.326 e. The van der Waals surface area contributed by atoms with Gasteiger partial charge in [0, 0.05) is 17.8 Å². The Kier molecular flexibility index (Phi) is 6.16. The summed E-state index contributed by atoms with van der Waals surface area (Å²) in [4.78, 5) is 26.1. The normalized spacial score (nSPS) is 16.6. The van der Waals surface area contributed by atoms with E-state index in [1.165, 1.54) is 17.8 Å². The highest BCUT2D eigenvalue weighted by atomic mass is 32.2. The lowest BCUT2D eigenvalue weighted by Gasteiger charge is -2.25. The van der Waals surface area contributed by atoms with Gasteiger partial charge in [0.2, 0.25) is 11.8 Å². The minimum absolute atomic E-state index is 0.0124. The van der Waals surface area contributed by atoms with Gasteiger partial charge in [0.05, 0.1) is 5.75 Å². The summed E-state index contributed by atoms with van der Waals surface area (Å²) in [5.41, 5.74) is 2.71. The van der Waals surface area contributed by atoms with Gasteiger partial charge in [0.25, 0.3) is 0 Å². The Morgan fingerprint density at radius 2 is 2.11 bits per heavy atom. The molecule has 4 nitrogen and oxygen atoms in total. The molecule has 6 heteroatoms. The summed E-state index contributed by atoms with van der Waals surface area (Å²) in [6.07, 6.45) is 2.31. The summed E-state index contributed by atoms with van der Waals surface area (Å²) in [7, 11) is 0. The molecule has 1 N–H and O–H groups in total. The SMILES string of the molecule is CCCCC(=O)Nc1cccc(C2SCC(=O)N2c2ccc(C)c(F)c2)c1. The van der Waals surface area contributed by atoms with Crippen LogP contribution in [0.15, 0.2) is 42.5 Å². The Bertz CT molecular complexity index is 856. The van der Waals surface area contributed by atoms with E-state index in [9.17, 15) is 14.0 Å². The van der Waals surface area contributed by atoms with Crippen LogP contribution in [0, 0.1) is 12.7 Å². The summed E-state index contributed by atoms with van der Waals surface area (Å²) < 4.78 is 14.0. The second-order valence-electron chi connectivity index (χ2n) is 6.64. The number of unbranched alkanes of at least 4 members (excludes halogenated alkanes) is 1. The third-order valence-corrected chi connectivity index (χ3v) is 5.73. The van der Waals surface area contributed by atoms with Crippen LogP contribution in [-0.4, -0.2) is 17.6 Å². The van der Waals surface area contributed by atoms with Gasteiger partial charge in [-0.05, 0) is 48.7 Å². The average molecular weight is 386 g/mol. The van der Waals surface area contributed by atoms with Gasteiger partial charge in [-0.2, -0.15) is 0 Å². The Balaban J connectivity index is 1.84. The van der Waals surface area contributed by atoms with E-state index in [0.29, 0.717) is 29.1 Å². The smallest absolute Gasteiger partial charge is 0.238 e. The number of amides is 2. The summed E-state index contributed by atoms with van der Waals surface area (Å²) in [5, 5.41) is 2.67. The molecule has 1 fully saturated rings. The number of hydrogen-bond donors (Lipinski definition) is 1. The zero-order valence-corrected chi connectivity index (χ0v) is 16.3. The molecule has 1 atom stereocenters. The van der Waals surface area contributed by atoms with E-state index < -0.39 is 0 Å². The van der Waals surface area contributed by atoms with E-state index in [4.69, 9.17) is 0 Å². The molecular weight excluding hydrogens is 363 g/mol. The van der Waals surface area contributed by atoms with Gasteiger partial charge in [-0.15, -0.1) is 11.8 Å². The van der Waals surface area contributed by atoms with Crippen LogP contribution in [0.3, 0.4) is 0 Å². The van der Waals surface area contributed by atoms with Gasteiger partial charge in [0.15, 0.2) is 0 Å². The van der Waals surface area contributed by atoms with Crippen molar-refractivity contribution in [2.75, 3.05) is 16.0 Å². The van der Waals surface area contributed by atoms with Gasteiger partial charge < -0.3 is 5.32 Å². The van der Waals surface area contributed by atoms with E-state index in [2.05, 4.69) is 5.32 Å². The molecule has 0 aliphatic carbocycles. The summed E-state index contributed by atoms with van der Waals surface area (Å²) in [6.45, 7) is 3.74. The Morgan fingerprint density at radius 3 is 2.85 bits per heavy atom. The highest BCUT2D eigenvalue weighted by molar-refractivity contribution is 8.00.